The first-order chi connectivity index (χ1) is 22.0. The molecule has 2 saturated carbocycles. The summed E-state index contributed by atoms with van der Waals surface area (Å²) < 4.78 is 12.4. The average Bonchev–Trinajstić information content (AvgIpc) is 3.33. The average molecular weight is 645 g/mol. The number of amides is 2. The van der Waals surface area contributed by atoms with E-state index in [1.54, 1.807) is 30.3 Å². The second-order valence-electron chi connectivity index (χ2n) is 13.5. The first-order valence-corrected chi connectivity index (χ1v) is 17.3. The molecule has 1 unspecified atom stereocenters. The van der Waals surface area contributed by atoms with Gasteiger partial charge in [0.1, 0.15) is 33.8 Å². The Kier molecular flexibility index (Phi) is 8.93. The van der Waals surface area contributed by atoms with E-state index in [1.165, 1.54) is 0 Å². The van der Waals surface area contributed by atoms with Gasteiger partial charge in [-0.2, -0.15) is 0 Å². The SMILES string of the molecule is COc1ccc2c(O[C@@H]3CC4C(=O)N[C@]5(C(C)=O)C[C@H]5/C=C\CCCCN(C)C(=O)[C@@H]4C3)cc(-c3nc(C(C)C)cs3)nc2c1C. The minimum Gasteiger partial charge on any atom is -0.496 e. The summed E-state index contributed by atoms with van der Waals surface area (Å²) in [6, 6.07) is 5.78. The number of allylic oxidation sites excluding steroid dienone is 1. The highest BCUT2D eigenvalue weighted by Crippen LogP contribution is 2.47. The number of carbonyl (C=O) groups is 3. The fourth-order valence-corrected chi connectivity index (χ4v) is 7.98. The Morgan fingerprint density at radius 3 is 2.63 bits per heavy atom. The van der Waals surface area contributed by atoms with Crippen molar-refractivity contribution in [1.82, 2.24) is 20.2 Å². The summed E-state index contributed by atoms with van der Waals surface area (Å²) in [6.45, 7) is 8.39. The van der Waals surface area contributed by atoms with Gasteiger partial charge in [-0.15, -0.1) is 11.3 Å². The molecule has 5 atom stereocenters. The van der Waals surface area contributed by atoms with Gasteiger partial charge < -0.3 is 19.7 Å². The van der Waals surface area contributed by atoms with Gasteiger partial charge in [0, 0.05) is 41.9 Å². The quantitative estimate of drug-likeness (QED) is 0.317. The van der Waals surface area contributed by atoms with Crippen molar-refractivity contribution in [2.24, 2.45) is 17.8 Å². The van der Waals surface area contributed by atoms with E-state index in [1.807, 2.05) is 32.2 Å². The minimum atomic E-state index is -0.883. The molecule has 0 bridgehead atoms. The Balaban J connectivity index is 1.35. The van der Waals surface area contributed by atoms with Gasteiger partial charge in [0.05, 0.1) is 30.2 Å². The fraction of sp³-hybridized carbons (Fsp3) is 0.528. The number of nitrogens with one attached hydrogen (secondary N) is 1. The first-order valence-electron chi connectivity index (χ1n) is 16.4. The highest BCUT2D eigenvalue weighted by molar-refractivity contribution is 7.13. The number of thiazole rings is 1. The second-order valence-corrected chi connectivity index (χ2v) is 14.3. The van der Waals surface area contributed by atoms with E-state index < -0.39 is 17.4 Å². The van der Waals surface area contributed by atoms with E-state index in [0.717, 1.165) is 52.2 Å². The lowest BCUT2D eigenvalue weighted by Crippen LogP contribution is -2.48. The molecule has 0 saturated heterocycles. The van der Waals surface area contributed by atoms with Crippen molar-refractivity contribution in [2.45, 2.75) is 83.8 Å². The van der Waals surface area contributed by atoms with E-state index in [4.69, 9.17) is 19.4 Å². The molecule has 3 aromatic rings. The highest BCUT2D eigenvalue weighted by atomic mass is 32.1. The van der Waals surface area contributed by atoms with Crippen LogP contribution < -0.4 is 14.8 Å². The monoisotopic (exact) mass is 644 g/mol. The molecule has 1 N–H and O–H groups in total. The van der Waals surface area contributed by atoms with Gasteiger partial charge in [0.2, 0.25) is 11.8 Å². The van der Waals surface area contributed by atoms with E-state index in [-0.39, 0.29) is 29.6 Å². The third kappa shape index (κ3) is 6.04. The molecule has 0 radical (unpaired) electrons. The van der Waals surface area contributed by atoms with E-state index in [0.29, 0.717) is 43.2 Å². The molecular formula is C36H44N4O5S. The third-order valence-corrected chi connectivity index (χ3v) is 10.9. The number of carbonyl (C=O) groups excluding carboxylic acids is 3. The van der Waals surface area contributed by atoms with E-state index >= 15 is 0 Å². The van der Waals surface area contributed by atoms with Gasteiger partial charge in [0.15, 0.2) is 5.78 Å². The number of hydrogen-bond acceptors (Lipinski definition) is 8. The maximum Gasteiger partial charge on any atom is 0.226 e. The summed E-state index contributed by atoms with van der Waals surface area (Å²) in [6.07, 6.45) is 7.89. The molecule has 1 aliphatic heterocycles. The zero-order chi connectivity index (χ0) is 32.7. The van der Waals surface area contributed by atoms with Crippen molar-refractivity contribution in [1.29, 1.82) is 0 Å². The van der Waals surface area contributed by atoms with Crippen molar-refractivity contribution in [2.75, 3.05) is 20.7 Å². The molecule has 46 heavy (non-hydrogen) atoms. The molecule has 9 nitrogen and oxygen atoms in total. The van der Waals surface area contributed by atoms with Crippen molar-refractivity contribution >= 4 is 39.8 Å². The lowest BCUT2D eigenvalue weighted by Gasteiger charge is -2.26. The molecular weight excluding hydrogens is 600 g/mol. The van der Waals surface area contributed by atoms with Gasteiger partial charge in [-0.25, -0.2) is 9.97 Å². The minimum absolute atomic E-state index is 0.00827. The second kappa shape index (κ2) is 12.8. The van der Waals surface area contributed by atoms with Crippen LogP contribution in [0.5, 0.6) is 11.5 Å². The van der Waals surface area contributed by atoms with Crippen LogP contribution in [0.1, 0.15) is 76.5 Å². The van der Waals surface area contributed by atoms with Crippen LogP contribution >= 0.6 is 11.3 Å². The number of pyridine rings is 1. The van der Waals surface area contributed by atoms with Crippen molar-refractivity contribution in [3.05, 3.63) is 47.0 Å². The van der Waals surface area contributed by atoms with E-state index in [9.17, 15) is 14.4 Å². The number of rotatable bonds is 6. The van der Waals surface area contributed by atoms with Crippen LogP contribution in [-0.2, 0) is 14.4 Å². The first kappa shape index (κ1) is 32.2. The molecule has 6 rings (SSSR count). The predicted molar refractivity (Wildman–Crippen MR) is 179 cm³/mol. The van der Waals surface area contributed by atoms with Crippen LogP contribution in [0.15, 0.2) is 35.7 Å². The summed E-state index contributed by atoms with van der Waals surface area (Å²) >= 11 is 1.55. The molecule has 10 heteroatoms. The van der Waals surface area contributed by atoms with Crippen LogP contribution in [-0.4, -0.2) is 64.8 Å². The normalized spacial score (nSPS) is 27.5. The lowest BCUT2D eigenvalue weighted by molar-refractivity contribution is -0.140. The van der Waals surface area contributed by atoms with Crippen molar-refractivity contribution < 1.29 is 23.9 Å². The number of nitrogens with zero attached hydrogens (tertiary/aromatic N) is 3. The Morgan fingerprint density at radius 2 is 1.91 bits per heavy atom. The molecule has 3 aliphatic rings. The number of Topliss-reactive ketones (excluding diaryl/α,β-unsaturated/α-hetero) is 1. The number of aryl methyl sites for hydroxylation is 1. The van der Waals surface area contributed by atoms with Gasteiger partial charge in [-0.1, -0.05) is 26.0 Å². The summed E-state index contributed by atoms with van der Waals surface area (Å²) in [5.41, 5.74) is 2.48. The largest absolute Gasteiger partial charge is 0.496 e. The standard InChI is InChI=1S/C36H44N4O5S/c1-20(2)29-19-46-34(38-29)28-17-31(25-12-13-30(44-6)21(3)32(25)37-28)45-24-15-26-27(16-24)35(43)40(5)14-10-8-7-9-11-23-18-36(23,22(4)41)39-33(26)42/h9,11-13,17,19-20,23-24,26-27H,7-8,10,14-16,18H2,1-6H3,(H,39,42)/b11-9-/t23-,24-,26?,27-,36+/m1/s1. The number of hydrogen-bond donors (Lipinski definition) is 1. The smallest absolute Gasteiger partial charge is 0.226 e. The third-order valence-electron chi connectivity index (χ3n) is 10.0. The molecule has 3 heterocycles. The van der Waals surface area contributed by atoms with Crippen LogP contribution in [0, 0.1) is 24.7 Å². The number of fused-ring (bicyclic) bond motifs is 3. The topological polar surface area (TPSA) is 111 Å². The molecule has 2 aromatic heterocycles. The van der Waals surface area contributed by atoms with Crippen molar-refractivity contribution in [3.8, 4) is 22.2 Å². The Bertz CT molecular complexity index is 1700. The zero-order valence-electron chi connectivity index (χ0n) is 27.6. The van der Waals surface area contributed by atoms with Gasteiger partial charge in [0.25, 0.3) is 0 Å². The molecule has 2 aliphatic carbocycles. The zero-order valence-corrected chi connectivity index (χ0v) is 28.4. The molecule has 244 valence electrons. The van der Waals surface area contributed by atoms with Crippen LogP contribution in [0.4, 0.5) is 0 Å². The maximum absolute atomic E-state index is 13.9. The molecule has 2 amide bonds. The number of ether oxygens (including phenoxy) is 2. The van der Waals surface area contributed by atoms with Gasteiger partial charge in [-0.05, 0) is 70.4 Å². The van der Waals surface area contributed by atoms with Crippen LogP contribution in [0.3, 0.4) is 0 Å². The summed E-state index contributed by atoms with van der Waals surface area (Å²) in [5.74, 6) is 0.161. The number of ketones is 1. The number of benzene rings is 1. The van der Waals surface area contributed by atoms with Crippen LogP contribution in [0.25, 0.3) is 21.6 Å². The van der Waals surface area contributed by atoms with Crippen LogP contribution in [0.2, 0.25) is 0 Å². The molecule has 1 aromatic carbocycles. The lowest BCUT2D eigenvalue weighted by atomic mass is 9.92. The summed E-state index contributed by atoms with van der Waals surface area (Å²) in [7, 11) is 3.46. The maximum atomic E-state index is 13.9. The van der Waals surface area contributed by atoms with E-state index in [2.05, 4.69) is 36.7 Å². The van der Waals surface area contributed by atoms with Crippen molar-refractivity contribution in [3.63, 3.8) is 0 Å². The van der Waals surface area contributed by atoms with Gasteiger partial charge >= 0.3 is 0 Å². The predicted octanol–water partition coefficient (Wildman–Crippen LogP) is 6.23. The Labute approximate surface area is 274 Å². The Morgan fingerprint density at radius 1 is 1.13 bits per heavy atom. The number of methoxy groups -OCH3 is 1. The highest BCUT2D eigenvalue weighted by Gasteiger charge is 2.59. The van der Waals surface area contributed by atoms with Gasteiger partial charge in [-0.3, -0.25) is 14.4 Å². The molecule has 2 fully saturated rings. The summed E-state index contributed by atoms with van der Waals surface area (Å²) in [5, 5.41) is 6.80. The fourth-order valence-electron chi connectivity index (χ4n) is 7.04. The molecule has 0 spiro atoms. The number of aromatic nitrogens is 2. The Hall–Kier alpha value is -3.79. The summed E-state index contributed by atoms with van der Waals surface area (Å²) in [4.78, 5) is 52.2.